The van der Waals surface area contributed by atoms with Crippen molar-refractivity contribution in [3.05, 3.63) is 83.5 Å². The molecule has 5 nitrogen and oxygen atoms in total. The molecule has 4 aromatic rings. The summed E-state index contributed by atoms with van der Waals surface area (Å²) in [7, 11) is 0. The van der Waals surface area contributed by atoms with E-state index in [0.29, 0.717) is 23.6 Å². The highest BCUT2D eigenvalue weighted by atomic mass is 35.5. The van der Waals surface area contributed by atoms with Crippen molar-refractivity contribution >= 4 is 17.1 Å². The molecule has 5 rings (SSSR count). The van der Waals surface area contributed by atoms with Crippen molar-refractivity contribution in [1.29, 1.82) is 0 Å². The highest BCUT2D eigenvalue weighted by Crippen LogP contribution is 2.43. The highest BCUT2D eigenvalue weighted by Gasteiger charge is 2.33. The lowest BCUT2D eigenvalue weighted by Gasteiger charge is -2.32. The summed E-state index contributed by atoms with van der Waals surface area (Å²) >= 11 is 6.49. The standard InChI is InChI=1S/C24H22ClN3O2/c25-23-22-21(27-24(28(22)10-9-26-23)19-11-17(12-19)14-29)18-7-4-8-20(13-18)30-15-16-5-2-1-3-6-16/h1-10,13,17,19,29H,11-12,14-15H2. The SMILES string of the molecule is OCC1CC(c2nc(-c3cccc(OCc4ccccc4)c3)c3c(Cl)nccn23)C1. The Kier molecular flexibility index (Phi) is 5.15. The fourth-order valence-electron chi connectivity index (χ4n) is 4.08. The van der Waals surface area contributed by atoms with Crippen molar-refractivity contribution in [1.82, 2.24) is 14.4 Å². The summed E-state index contributed by atoms with van der Waals surface area (Å²) in [5.74, 6) is 2.44. The van der Waals surface area contributed by atoms with E-state index >= 15 is 0 Å². The molecule has 0 saturated heterocycles. The van der Waals surface area contributed by atoms with Crippen molar-refractivity contribution in [2.75, 3.05) is 6.61 Å². The van der Waals surface area contributed by atoms with E-state index in [0.717, 1.165) is 46.8 Å². The van der Waals surface area contributed by atoms with Crippen LogP contribution >= 0.6 is 11.6 Å². The number of imidazole rings is 1. The molecule has 0 bridgehead atoms. The van der Waals surface area contributed by atoms with Crippen molar-refractivity contribution in [3.63, 3.8) is 0 Å². The molecule has 0 radical (unpaired) electrons. The molecule has 0 spiro atoms. The van der Waals surface area contributed by atoms with Crippen LogP contribution in [-0.2, 0) is 6.61 Å². The summed E-state index contributed by atoms with van der Waals surface area (Å²) in [4.78, 5) is 9.24. The predicted molar refractivity (Wildman–Crippen MR) is 117 cm³/mol. The number of aromatic nitrogens is 3. The Morgan fingerprint density at radius 3 is 2.73 bits per heavy atom. The van der Waals surface area contributed by atoms with Crippen LogP contribution in [0.3, 0.4) is 0 Å². The van der Waals surface area contributed by atoms with E-state index in [4.69, 9.17) is 21.3 Å². The van der Waals surface area contributed by atoms with E-state index in [1.165, 1.54) is 0 Å². The van der Waals surface area contributed by atoms with Crippen molar-refractivity contribution in [3.8, 4) is 17.0 Å². The van der Waals surface area contributed by atoms with E-state index in [1.807, 2.05) is 65.2 Å². The van der Waals surface area contributed by atoms with Crippen LogP contribution in [0.1, 0.15) is 30.1 Å². The van der Waals surface area contributed by atoms with Crippen LogP contribution < -0.4 is 4.74 Å². The first-order valence-electron chi connectivity index (χ1n) is 10.1. The van der Waals surface area contributed by atoms with E-state index in [2.05, 4.69) is 4.98 Å². The third-order valence-corrected chi connectivity index (χ3v) is 6.03. The molecule has 2 aromatic carbocycles. The molecule has 1 saturated carbocycles. The van der Waals surface area contributed by atoms with Gasteiger partial charge in [-0.2, -0.15) is 0 Å². The average Bonchev–Trinajstić information content (AvgIpc) is 3.13. The first kappa shape index (κ1) is 19.1. The van der Waals surface area contributed by atoms with Crippen LogP contribution in [0.4, 0.5) is 0 Å². The molecule has 1 aliphatic rings. The molecule has 0 atom stereocenters. The molecular formula is C24H22ClN3O2. The Balaban J connectivity index is 1.49. The van der Waals surface area contributed by atoms with Gasteiger partial charge in [0, 0.05) is 30.5 Å². The Morgan fingerprint density at radius 1 is 1.10 bits per heavy atom. The van der Waals surface area contributed by atoms with Crippen LogP contribution in [0.25, 0.3) is 16.8 Å². The molecule has 30 heavy (non-hydrogen) atoms. The molecule has 0 unspecified atom stereocenters. The molecule has 152 valence electrons. The first-order valence-corrected chi connectivity index (χ1v) is 10.5. The van der Waals surface area contributed by atoms with Crippen LogP contribution in [0, 0.1) is 5.92 Å². The summed E-state index contributed by atoms with van der Waals surface area (Å²) in [6, 6.07) is 18.0. The number of hydrogen-bond acceptors (Lipinski definition) is 4. The second-order valence-electron chi connectivity index (χ2n) is 7.77. The average molecular weight is 420 g/mol. The molecule has 0 amide bonds. The quantitative estimate of drug-likeness (QED) is 0.471. The number of halogens is 1. The number of rotatable bonds is 6. The van der Waals surface area contributed by atoms with Gasteiger partial charge in [-0.15, -0.1) is 0 Å². The second-order valence-corrected chi connectivity index (χ2v) is 8.13. The predicted octanol–water partition coefficient (Wildman–Crippen LogP) is 5.11. The van der Waals surface area contributed by atoms with Crippen molar-refractivity contribution in [2.45, 2.75) is 25.4 Å². The number of benzene rings is 2. The van der Waals surface area contributed by atoms with Gasteiger partial charge in [0.15, 0.2) is 5.15 Å². The van der Waals surface area contributed by atoms with Gasteiger partial charge in [0.2, 0.25) is 0 Å². The van der Waals surface area contributed by atoms with Gasteiger partial charge in [-0.25, -0.2) is 9.97 Å². The van der Waals surface area contributed by atoms with Gasteiger partial charge in [-0.3, -0.25) is 4.40 Å². The number of aliphatic hydroxyl groups excluding tert-OH is 1. The summed E-state index contributed by atoms with van der Waals surface area (Å²) in [5, 5.41) is 9.81. The normalized spacial score (nSPS) is 18.3. The molecule has 1 fully saturated rings. The Bertz CT molecular complexity index is 1170. The number of ether oxygens (including phenoxy) is 1. The fourth-order valence-corrected chi connectivity index (χ4v) is 4.32. The fraction of sp³-hybridized carbons (Fsp3) is 0.250. The summed E-state index contributed by atoms with van der Waals surface area (Å²) in [5.41, 5.74) is 3.67. The maximum atomic E-state index is 9.38. The lowest BCUT2D eigenvalue weighted by molar-refractivity contribution is 0.138. The first-order chi connectivity index (χ1) is 14.7. The maximum Gasteiger partial charge on any atom is 0.155 e. The van der Waals surface area contributed by atoms with Crippen molar-refractivity contribution < 1.29 is 9.84 Å². The minimum atomic E-state index is 0.232. The van der Waals surface area contributed by atoms with Gasteiger partial charge >= 0.3 is 0 Å². The molecule has 2 heterocycles. The minimum Gasteiger partial charge on any atom is -0.489 e. The van der Waals surface area contributed by atoms with E-state index < -0.39 is 0 Å². The molecule has 6 heteroatoms. The van der Waals surface area contributed by atoms with Crippen LogP contribution in [0.15, 0.2) is 67.0 Å². The minimum absolute atomic E-state index is 0.232. The molecule has 1 aliphatic carbocycles. The lowest BCUT2D eigenvalue weighted by Crippen LogP contribution is -2.26. The van der Waals surface area contributed by atoms with Crippen LogP contribution in [0.2, 0.25) is 5.15 Å². The van der Waals surface area contributed by atoms with E-state index in [9.17, 15) is 5.11 Å². The van der Waals surface area contributed by atoms with Crippen molar-refractivity contribution in [2.24, 2.45) is 5.92 Å². The Hall–Kier alpha value is -2.89. The smallest absolute Gasteiger partial charge is 0.155 e. The van der Waals surface area contributed by atoms with Gasteiger partial charge in [0.25, 0.3) is 0 Å². The third-order valence-electron chi connectivity index (χ3n) is 5.75. The molecule has 1 N–H and O–H groups in total. The molecule has 2 aromatic heterocycles. The van der Waals surface area contributed by atoms with Crippen LogP contribution in [0.5, 0.6) is 5.75 Å². The summed E-state index contributed by atoms with van der Waals surface area (Å²) in [6.45, 7) is 0.738. The number of aliphatic hydroxyl groups is 1. The zero-order chi connectivity index (χ0) is 20.5. The van der Waals surface area contributed by atoms with Gasteiger partial charge in [0.1, 0.15) is 23.7 Å². The number of hydrogen-bond donors (Lipinski definition) is 1. The highest BCUT2D eigenvalue weighted by molar-refractivity contribution is 6.33. The number of nitrogens with zero attached hydrogens (tertiary/aromatic N) is 3. The topological polar surface area (TPSA) is 59.7 Å². The van der Waals surface area contributed by atoms with Gasteiger partial charge in [0.05, 0.1) is 5.69 Å². The summed E-state index contributed by atoms with van der Waals surface area (Å²) < 4.78 is 8.04. The van der Waals surface area contributed by atoms with E-state index in [-0.39, 0.29) is 6.61 Å². The third kappa shape index (κ3) is 3.55. The summed E-state index contributed by atoms with van der Waals surface area (Å²) in [6.07, 6.45) is 5.49. The lowest BCUT2D eigenvalue weighted by atomic mass is 9.75. The Labute approximate surface area is 179 Å². The molecular weight excluding hydrogens is 398 g/mol. The van der Waals surface area contributed by atoms with Crippen LogP contribution in [-0.4, -0.2) is 26.1 Å². The second kappa shape index (κ2) is 8.09. The largest absolute Gasteiger partial charge is 0.489 e. The van der Waals surface area contributed by atoms with Gasteiger partial charge in [-0.1, -0.05) is 54.1 Å². The van der Waals surface area contributed by atoms with Gasteiger partial charge < -0.3 is 9.84 Å². The maximum absolute atomic E-state index is 9.38. The number of fused-ring (bicyclic) bond motifs is 1. The molecule has 0 aliphatic heterocycles. The Morgan fingerprint density at radius 2 is 1.93 bits per heavy atom. The zero-order valence-corrected chi connectivity index (χ0v) is 17.2. The van der Waals surface area contributed by atoms with Gasteiger partial charge in [-0.05, 0) is 36.5 Å². The zero-order valence-electron chi connectivity index (χ0n) is 16.4. The monoisotopic (exact) mass is 419 g/mol. The van der Waals surface area contributed by atoms with E-state index in [1.54, 1.807) is 6.20 Å².